The SMILES string of the molecule is CC(C)(C)c1cc(C(N)=O)cc(C(C)(C)C)c1CO. The van der Waals surface area contributed by atoms with Crippen molar-refractivity contribution < 1.29 is 9.90 Å². The standard InChI is InChI=1S/C16H25NO2/c1-15(2,3)12-7-10(14(17)19)8-13(11(12)9-18)16(4,5)6/h7-8,18H,9H2,1-6H3,(H2,17,19). The van der Waals surface area contributed by atoms with Crippen LogP contribution < -0.4 is 5.73 Å². The third-order valence-electron chi connectivity index (χ3n) is 3.31. The minimum atomic E-state index is -0.430. The molecule has 1 amide bonds. The Morgan fingerprint density at radius 3 is 1.63 bits per heavy atom. The molecule has 3 heteroatoms. The number of carbonyl (C=O) groups is 1. The number of rotatable bonds is 2. The Labute approximate surface area is 115 Å². The fraction of sp³-hybridized carbons (Fsp3) is 0.562. The van der Waals surface area contributed by atoms with Crippen LogP contribution in [0.1, 0.15) is 68.6 Å². The van der Waals surface area contributed by atoms with Gasteiger partial charge in [-0.2, -0.15) is 0 Å². The summed E-state index contributed by atoms with van der Waals surface area (Å²) in [5.41, 5.74) is 8.51. The third kappa shape index (κ3) is 3.35. The highest BCUT2D eigenvalue weighted by atomic mass is 16.3. The fourth-order valence-corrected chi connectivity index (χ4v) is 2.32. The second-order valence-corrected chi connectivity index (χ2v) is 7.07. The summed E-state index contributed by atoms with van der Waals surface area (Å²) in [6, 6.07) is 3.62. The maximum Gasteiger partial charge on any atom is 0.248 e. The first-order chi connectivity index (χ1) is 8.48. The fourth-order valence-electron chi connectivity index (χ4n) is 2.32. The van der Waals surface area contributed by atoms with Crippen molar-refractivity contribution in [2.45, 2.75) is 59.0 Å². The molecule has 0 fully saturated rings. The summed E-state index contributed by atoms with van der Waals surface area (Å²) in [6.07, 6.45) is 0. The first-order valence-electron chi connectivity index (χ1n) is 6.57. The summed E-state index contributed by atoms with van der Waals surface area (Å²) in [5.74, 6) is -0.430. The van der Waals surface area contributed by atoms with Crippen LogP contribution in [-0.2, 0) is 17.4 Å². The largest absolute Gasteiger partial charge is 0.392 e. The van der Waals surface area contributed by atoms with E-state index in [0.29, 0.717) is 5.56 Å². The lowest BCUT2D eigenvalue weighted by molar-refractivity contribution is 0.1000. The van der Waals surface area contributed by atoms with Crippen LogP contribution in [0.2, 0.25) is 0 Å². The van der Waals surface area contributed by atoms with E-state index in [1.807, 2.05) is 12.1 Å². The van der Waals surface area contributed by atoms with Gasteiger partial charge in [0.05, 0.1) is 6.61 Å². The molecule has 0 bridgehead atoms. The van der Waals surface area contributed by atoms with Crippen molar-refractivity contribution in [3.05, 3.63) is 34.4 Å². The first-order valence-corrected chi connectivity index (χ1v) is 6.57. The van der Waals surface area contributed by atoms with E-state index in [2.05, 4.69) is 41.5 Å². The van der Waals surface area contributed by atoms with Gasteiger partial charge in [0.2, 0.25) is 5.91 Å². The zero-order valence-corrected chi connectivity index (χ0v) is 12.8. The van der Waals surface area contributed by atoms with Gasteiger partial charge in [-0.25, -0.2) is 0 Å². The van der Waals surface area contributed by atoms with Crippen LogP contribution in [-0.4, -0.2) is 11.0 Å². The number of amides is 1. The van der Waals surface area contributed by atoms with Gasteiger partial charge in [0.25, 0.3) is 0 Å². The minimum absolute atomic E-state index is 0.0295. The number of hydrogen-bond donors (Lipinski definition) is 2. The maximum atomic E-state index is 11.5. The molecule has 0 atom stereocenters. The summed E-state index contributed by atoms with van der Waals surface area (Å²) in [7, 11) is 0. The van der Waals surface area contributed by atoms with Gasteiger partial charge in [-0.05, 0) is 39.7 Å². The average Bonchev–Trinajstić information content (AvgIpc) is 2.24. The Bertz CT molecular complexity index is 455. The maximum absolute atomic E-state index is 11.5. The Morgan fingerprint density at radius 1 is 1.05 bits per heavy atom. The minimum Gasteiger partial charge on any atom is -0.392 e. The monoisotopic (exact) mass is 263 g/mol. The number of aliphatic hydroxyl groups excluding tert-OH is 1. The van der Waals surface area contributed by atoms with E-state index in [1.54, 1.807) is 0 Å². The summed E-state index contributed by atoms with van der Waals surface area (Å²) < 4.78 is 0. The van der Waals surface area contributed by atoms with E-state index in [0.717, 1.165) is 16.7 Å². The zero-order valence-electron chi connectivity index (χ0n) is 12.8. The lowest BCUT2D eigenvalue weighted by Crippen LogP contribution is -2.24. The van der Waals surface area contributed by atoms with E-state index in [4.69, 9.17) is 5.73 Å². The second kappa shape index (κ2) is 4.97. The van der Waals surface area contributed by atoms with E-state index in [-0.39, 0.29) is 17.4 Å². The van der Waals surface area contributed by atoms with E-state index in [9.17, 15) is 9.90 Å². The van der Waals surface area contributed by atoms with Gasteiger partial charge in [0, 0.05) is 5.56 Å². The van der Waals surface area contributed by atoms with Gasteiger partial charge in [-0.3, -0.25) is 4.79 Å². The highest BCUT2D eigenvalue weighted by Crippen LogP contribution is 2.35. The van der Waals surface area contributed by atoms with Crippen LogP contribution in [0, 0.1) is 0 Å². The van der Waals surface area contributed by atoms with Crippen LogP contribution in [0.25, 0.3) is 0 Å². The molecule has 3 nitrogen and oxygen atoms in total. The van der Waals surface area contributed by atoms with Crippen molar-refractivity contribution in [2.24, 2.45) is 5.73 Å². The van der Waals surface area contributed by atoms with Gasteiger partial charge in [-0.1, -0.05) is 41.5 Å². The van der Waals surface area contributed by atoms with Crippen molar-refractivity contribution in [3.8, 4) is 0 Å². The molecule has 0 spiro atoms. The van der Waals surface area contributed by atoms with E-state index >= 15 is 0 Å². The second-order valence-electron chi connectivity index (χ2n) is 7.07. The normalized spacial score (nSPS) is 12.6. The Morgan fingerprint density at radius 2 is 1.42 bits per heavy atom. The lowest BCUT2D eigenvalue weighted by Gasteiger charge is -2.30. The van der Waals surface area contributed by atoms with Crippen molar-refractivity contribution >= 4 is 5.91 Å². The topological polar surface area (TPSA) is 63.3 Å². The summed E-state index contributed by atoms with van der Waals surface area (Å²) in [4.78, 5) is 11.5. The van der Waals surface area contributed by atoms with Crippen molar-refractivity contribution in [1.82, 2.24) is 0 Å². The molecule has 19 heavy (non-hydrogen) atoms. The summed E-state index contributed by atoms with van der Waals surface area (Å²) in [6.45, 7) is 12.4. The number of benzene rings is 1. The number of hydrogen-bond acceptors (Lipinski definition) is 2. The first kappa shape index (κ1) is 15.7. The summed E-state index contributed by atoms with van der Waals surface area (Å²) in [5, 5.41) is 9.74. The van der Waals surface area contributed by atoms with Crippen LogP contribution in [0.3, 0.4) is 0 Å². The van der Waals surface area contributed by atoms with Gasteiger partial charge in [0.1, 0.15) is 0 Å². The molecule has 0 aliphatic carbocycles. The van der Waals surface area contributed by atoms with Crippen molar-refractivity contribution in [2.75, 3.05) is 0 Å². The van der Waals surface area contributed by atoms with Crippen LogP contribution in [0.15, 0.2) is 12.1 Å². The molecule has 1 aromatic rings. The molecule has 0 aromatic heterocycles. The Balaban J connectivity index is 3.72. The lowest BCUT2D eigenvalue weighted by atomic mass is 9.75. The smallest absolute Gasteiger partial charge is 0.248 e. The Hall–Kier alpha value is -1.35. The van der Waals surface area contributed by atoms with E-state index in [1.165, 1.54) is 0 Å². The van der Waals surface area contributed by atoms with Gasteiger partial charge >= 0.3 is 0 Å². The highest BCUT2D eigenvalue weighted by molar-refractivity contribution is 5.93. The molecule has 0 radical (unpaired) electrons. The molecule has 0 saturated carbocycles. The summed E-state index contributed by atoms with van der Waals surface area (Å²) >= 11 is 0. The highest BCUT2D eigenvalue weighted by Gasteiger charge is 2.26. The molecule has 0 saturated heterocycles. The molecular formula is C16H25NO2. The van der Waals surface area contributed by atoms with Gasteiger partial charge < -0.3 is 10.8 Å². The quantitative estimate of drug-likeness (QED) is 0.861. The molecular weight excluding hydrogens is 238 g/mol. The van der Waals surface area contributed by atoms with Crippen molar-refractivity contribution in [1.29, 1.82) is 0 Å². The van der Waals surface area contributed by atoms with Gasteiger partial charge in [-0.15, -0.1) is 0 Å². The molecule has 0 aliphatic rings. The predicted octanol–water partition coefficient (Wildman–Crippen LogP) is 2.87. The predicted molar refractivity (Wildman–Crippen MR) is 78.3 cm³/mol. The molecule has 1 aromatic carbocycles. The van der Waals surface area contributed by atoms with Crippen LogP contribution in [0.5, 0.6) is 0 Å². The molecule has 106 valence electrons. The molecule has 0 heterocycles. The molecule has 1 rings (SSSR count). The molecule has 3 N–H and O–H groups in total. The average molecular weight is 263 g/mol. The number of primary amides is 1. The number of aliphatic hydroxyl groups is 1. The molecule has 0 unspecified atom stereocenters. The number of carbonyl (C=O) groups excluding carboxylic acids is 1. The van der Waals surface area contributed by atoms with Gasteiger partial charge in [0.15, 0.2) is 0 Å². The molecule has 0 aliphatic heterocycles. The third-order valence-corrected chi connectivity index (χ3v) is 3.31. The number of nitrogens with two attached hydrogens (primary N) is 1. The van der Waals surface area contributed by atoms with Crippen molar-refractivity contribution in [3.63, 3.8) is 0 Å². The Kier molecular flexibility index (Phi) is 4.11. The van der Waals surface area contributed by atoms with Crippen LogP contribution >= 0.6 is 0 Å². The van der Waals surface area contributed by atoms with Crippen LogP contribution in [0.4, 0.5) is 0 Å². The zero-order chi connectivity index (χ0) is 15.0. The van der Waals surface area contributed by atoms with E-state index < -0.39 is 5.91 Å².